The van der Waals surface area contributed by atoms with Gasteiger partial charge in [-0.25, -0.2) is 0 Å². The highest BCUT2D eigenvalue weighted by molar-refractivity contribution is 5.76. The smallest absolute Gasteiger partial charge is 0.222 e. The van der Waals surface area contributed by atoms with Gasteiger partial charge in [-0.05, 0) is 56.7 Å². The van der Waals surface area contributed by atoms with Gasteiger partial charge in [0.1, 0.15) is 0 Å². The SMILES string of the molecule is Cc1cnn(CC2CCCCN2C(=O)CCCc2ccccn2)c1. The summed E-state index contributed by atoms with van der Waals surface area (Å²) in [6.45, 7) is 3.73. The summed E-state index contributed by atoms with van der Waals surface area (Å²) in [6.07, 6.45) is 11.5. The van der Waals surface area contributed by atoms with E-state index in [2.05, 4.69) is 21.2 Å². The minimum Gasteiger partial charge on any atom is -0.338 e. The van der Waals surface area contributed by atoms with Crippen molar-refractivity contribution in [2.24, 2.45) is 0 Å². The van der Waals surface area contributed by atoms with E-state index >= 15 is 0 Å². The van der Waals surface area contributed by atoms with Gasteiger partial charge in [-0.2, -0.15) is 5.10 Å². The second-order valence-electron chi connectivity index (χ2n) is 6.65. The molecule has 1 saturated heterocycles. The predicted molar refractivity (Wildman–Crippen MR) is 93.5 cm³/mol. The molecule has 24 heavy (non-hydrogen) atoms. The van der Waals surface area contributed by atoms with Gasteiger partial charge in [-0.15, -0.1) is 0 Å². The molecule has 5 nitrogen and oxygen atoms in total. The summed E-state index contributed by atoms with van der Waals surface area (Å²) in [5.74, 6) is 0.277. The largest absolute Gasteiger partial charge is 0.338 e. The molecule has 128 valence electrons. The molecule has 1 atom stereocenters. The summed E-state index contributed by atoms with van der Waals surface area (Å²) in [4.78, 5) is 19.1. The highest BCUT2D eigenvalue weighted by Gasteiger charge is 2.26. The number of carbonyl (C=O) groups excluding carboxylic acids is 1. The average Bonchev–Trinajstić information content (AvgIpc) is 3.01. The zero-order valence-electron chi connectivity index (χ0n) is 14.4. The highest BCUT2D eigenvalue weighted by atomic mass is 16.2. The van der Waals surface area contributed by atoms with Crippen LogP contribution in [0.2, 0.25) is 0 Å². The summed E-state index contributed by atoms with van der Waals surface area (Å²) in [7, 11) is 0. The Kier molecular flexibility index (Phi) is 5.62. The van der Waals surface area contributed by atoms with Gasteiger partial charge in [-0.1, -0.05) is 6.07 Å². The van der Waals surface area contributed by atoms with Gasteiger partial charge in [0, 0.05) is 31.1 Å². The number of piperidine rings is 1. The van der Waals surface area contributed by atoms with Crippen molar-refractivity contribution in [1.29, 1.82) is 0 Å². The number of rotatable bonds is 6. The molecule has 0 N–H and O–H groups in total. The quantitative estimate of drug-likeness (QED) is 0.820. The van der Waals surface area contributed by atoms with Crippen molar-refractivity contribution < 1.29 is 4.79 Å². The Morgan fingerprint density at radius 1 is 1.33 bits per heavy atom. The molecule has 3 rings (SSSR count). The lowest BCUT2D eigenvalue weighted by Gasteiger charge is -2.36. The van der Waals surface area contributed by atoms with E-state index in [-0.39, 0.29) is 11.9 Å². The van der Waals surface area contributed by atoms with Crippen LogP contribution in [0.4, 0.5) is 0 Å². The van der Waals surface area contributed by atoms with Gasteiger partial charge >= 0.3 is 0 Å². The van der Waals surface area contributed by atoms with E-state index in [1.807, 2.05) is 42.2 Å². The lowest BCUT2D eigenvalue weighted by Crippen LogP contribution is -2.45. The Bertz CT molecular complexity index is 652. The topological polar surface area (TPSA) is 51.0 Å². The van der Waals surface area contributed by atoms with Crippen LogP contribution in [0, 0.1) is 6.92 Å². The number of carbonyl (C=O) groups is 1. The fraction of sp³-hybridized carbons (Fsp3) is 0.526. The van der Waals surface area contributed by atoms with Crippen LogP contribution in [0.1, 0.15) is 43.4 Å². The number of aromatic nitrogens is 3. The van der Waals surface area contributed by atoms with Crippen molar-refractivity contribution in [1.82, 2.24) is 19.7 Å². The molecule has 1 fully saturated rings. The van der Waals surface area contributed by atoms with E-state index in [4.69, 9.17) is 0 Å². The fourth-order valence-corrected chi connectivity index (χ4v) is 3.41. The highest BCUT2D eigenvalue weighted by Crippen LogP contribution is 2.20. The standard InChI is InChI=1S/C19H26N4O/c1-16-13-21-22(14-16)15-18-9-3-5-12-23(18)19(24)10-6-8-17-7-2-4-11-20-17/h2,4,7,11,13-14,18H,3,5-6,8-10,12,15H2,1H3. The maximum absolute atomic E-state index is 12.7. The maximum Gasteiger partial charge on any atom is 0.222 e. The number of hydrogen-bond acceptors (Lipinski definition) is 3. The summed E-state index contributed by atoms with van der Waals surface area (Å²) < 4.78 is 1.97. The zero-order chi connectivity index (χ0) is 16.8. The first-order chi connectivity index (χ1) is 11.7. The lowest BCUT2D eigenvalue weighted by molar-refractivity contribution is -0.135. The Balaban J connectivity index is 1.53. The third-order valence-electron chi connectivity index (χ3n) is 4.66. The van der Waals surface area contributed by atoms with E-state index in [9.17, 15) is 4.79 Å². The molecular formula is C19H26N4O. The van der Waals surface area contributed by atoms with Crippen molar-refractivity contribution >= 4 is 5.91 Å². The third-order valence-corrected chi connectivity index (χ3v) is 4.66. The number of pyridine rings is 1. The van der Waals surface area contributed by atoms with Crippen molar-refractivity contribution in [2.75, 3.05) is 6.54 Å². The van der Waals surface area contributed by atoms with Crippen LogP contribution >= 0.6 is 0 Å². The number of hydrogen-bond donors (Lipinski definition) is 0. The summed E-state index contributed by atoms with van der Waals surface area (Å²) >= 11 is 0. The maximum atomic E-state index is 12.7. The molecule has 1 unspecified atom stereocenters. The van der Waals surface area contributed by atoms with Crippen LogP contribution in [0.5, 0.6) is 0 Å². The molecule has 0 saturated carbocycles. The van der Waals surface area contributed by atoms with Gasteiger partial charge in [0.2, 0.25) is 5.91 Å². The van der Waals surface area contributed by atoms with Crippen LogP contribution in [0.25, 0.3) is 0 Å². The van der Waals surface area contributed by atoms with Gasteiger partial charge in [0.05, 0.1) is 18.8 Å². The first-order valence-electron chi connectivity index (χ1n) is 8.91. The van der Waals surface area contributed by atoms with Gasteiger partial charge in [-0.3, -0.25) is 14.5 Å². The van der Waals surface area contributed by atoms with E-state index in [1.54, 1.807) is 0 Å². The number of amides is 1. The molecule has 0 aliphatic carbocycles. The van der Waals surface area contributed by atoms with E-state index in [0.717, 1.165) is 44.5 Å². The van der Waals surface area contributed by atoms with Crippen LogP contribution in [0.15, 0.2) is 36.8 Å². The molecule has 1 amide bonds. The molecule has 0 aromatic carbocycles. The number of nitrogens with zero attached hydrogens (tertiary/aromatic N) is 4. The lowest BCUT2D eigenvalue weighted by atomic mass is 10.0. The van der Waals surface area contributed by atoms with Gasteiger partial charge in [0.25, 0.3) is 0 Å². The van der Waals surface area contributed by atoms with Crippen molar-refractivity contribution in [2.45, 2.75) is 58.0 Å². The third kappa shape index (κ3) is 4.43. The Labute approximate surface area is 143 Å². The second-order valence-corrected chi connectivity index (χ2v) is 6.65. The summed E-state index contributed by atoms with van der Waals surface area (Å²) in [5.41, 5.74) is 2.23. The molecular weight excluding hydrogens is 300 g/mol. The number of aryl methyl sites for hydroxylation is 2. The molecule has 2 aromatic rings. The molecule has 2 aromatic heterocycles. The molecule has 0 bridgehead atoms. The minimum absolute atomic E-state index is 0.277. The minimum atomic E-state index is 0.277. The Morgan fingerprint density at radius 2 is 2.25 bits per heavy atom. The van der Waals surface area contributed by atoms with E-state index in [0.29, 0.717) is 6.42 Å². The Morgan fingerprint density at radius 3 is 3.00 bits per heavy atom. The van der Waals surface area contributed by atoms with Crippen LogP contribution < -0.4 is 0 Å². The number of likely N-dealkylation sites (tertiary alicyclic amines) is 1. The van der Waals surface area contributed by atoms with Crippen molar-refractivity contribution in [3.63, 3.8) is 0 Å². The predicted octanol–water partition coefficient (Wildman–Crippen LogP) is 2.99. The monoisotopic (exact) mass is 326 g/mol. The molecule has 0 spiro atoms. The molecule has 0 radical (unpaired) electrons. The average molecular weight is 326 g/mol. The normalized spacial score (nSPS) is 17.9. The molecule has 1 aliphatic rings. The molecule has 1 aliphatic heterocycles. The summed E-state index contributed by atoms with van der Waals surface area (Å²) in [5, 5.41) is 4.38. The molecule has 5 heteroatoms. The fourth-order valence-electron chi connectivity index (χ4n) is 3.41. The Hall–Kier alpha value is -2.17. The second kappa shape index (κ2) is 8.08. The zero-order valence-corrected chi connectivity index (χ0v) is 14.4. The van der Waals surface area contributed by atoms with Crippen LogP contribution in [-0.2, 0) is 17.8 Å². The van der Waals surface area contributed by atoms with Crippen molar-refractivity contribution in [3.8, 4) is 0 Å². The van der Waals surface area contributed by atoms with E-state index < -0.39 is 0 Å². The molecule has 3 heterocycles. The van der Waals surface area contributed by atoms with Crippen LogP contribution in [-0.4, -0.2) is 38.2 Å². The van der Waals surface area contributed by atoms with E-state index in [1.165, 1.54) is 12.0 Å². The first kappa shape index (κ1) is 16.7. The van der Waals surface area contributed by atoms with Gasteiger partial charge in [0.15, 0.2) is 0 Å². The van der Waals surface area contributed by atoms with Crippen LogP contribution in [0.3, 0.4) is 0 Å². The van der Waals surface area contributed by atoms with Gasteiger partial charge < -0.3 is 4.90 Å². The first-order valence-corrected chi connectivity index (χ1v) is 8.91. The summed E-state index contributed by atoms with van der Waals surface area (Å²) in [6, 6.07) is 6.22. The van der Waals surface area contributed by atoms with Crippen molar-refractivity contribution in [3.05, 3.63) is 48.0 Å².